The summed E-state index contributed by atoms with van der Waals surface area (Å²) in [7, 11) is -2.35. The van der Waals surface area contributed by atoms with Gasteiger partial charge in [0.05, 0.1) is 16.5 Å². The minimum Gasteiger partial charge on any atom is -0.496 e. The van der Waals surface area contributed by atoms with Crippen LogP contribution in [0, 0.1) is 0 Å². The molecule has 0 bridgehead atoms. The second kappa shape index (κ2) is 7.14. The number of halogens is 3. The fraction of sp³-hybridized carbons (Fsp3) is 0.143. The number of nitrogens with one attached hydrogen (secondary N) is 1. The molecule has 0 fully saturated rings. The van der Waals surface area contributed by atoms with Gasteiger partial charge in [0.2, 0.25) is 0 Å². The van der Waals surface area contributed by atoms with Gasteiger partial charge in [-0.1, -0.05) is 0 Å². The van der Waals surface area contributed by atoms with Gasteiger partial charge in [0.1, 0.15) is 11.5 Å². The molecule has 23 heavy (non-hydrogen) atoms. The Kier molecular flexibility index (Phi) is 5.42. The maximum Gasteiger partial charge on any atom is 0.387 e. The Morgan fingerprint density at radius 2 is 1.78 bits per heavy atom. The van der Waals surface area contributed by atoms with Crippen LogP contribution in [0.2, 0.25) is 0 Å². The van der Waals surface area contributed by atoms with Crippen LogP contribution in [0.1, 0.15) is 0 Å². The summed E-state index contributed by atoms with van der Waals surface area (Å²) in [6.07, 6.45) is 0. The molecular weight excluding hydrogens is 396 g/mol. The number of anilines is 1. The Bertz CT molecular complexity index is 782. The van der Waals surface area contributed by atoms with Gasteiger partial charge in [-0.3, -0.25) is 4.72 Å². The fourth-order valence-corrected chi connectivity index (χ4v) is 3.51. The number of alkyl halides is 2. The van der Waals surface area contributed by atoms with Gasteiger partial charge >= 0.3 is 6.61 Å². The SMILES string of the molecule is COc1ccc(S(=O)(=O)Nc2ccc(OC(F)F)cc2)cc1Br. The van der Waals surface area contributed by atoms with Crippen LogP contribution in [0.3, 0.4) is 0 Å². The van der Waals surface area contributed by atoms with Crippen LogP contribution < -0.4 is 14.2 Å². The Labute approximate surface area is 140 Å². The molecule has 124 valence electrons. The van der Waals surface area contributed by atoms with Gasteiger partial charge in [-0.05, 0) is 58.4 Å². The summed E-state index contributed by atoms with van der Waals surface area (Å²) in [5.41, 5.74) is 0.221. The number of rotatable bonds is 6. The number of methoxy groups -OCH3 is 1. The average Bonchev–Trinajstić information content (AvgIpc) is 2.48. The minimum atomic E-state index is -3.82. The highest BCUT2D eigenvalue weighted by atomic mass is 79.9. The molecule has 0 spiro atoms. The van der Waals surface area contributed by atoms with Crippen molar-refractivity contribution < 1.29 is 26.7 Å². The molecule has 0 aliphatic rings. The second-order valence-corrected chi connectivity index (χ2v) is 6.84. The van der Waals surface area contributed by atoms with E-state index in [-0.39, 0.29) is 16.3 Å². The Balaban J connectivity index is 2.19. The summed E-state index contributed by atoms with van der Waals surface area (Å²) in [5, 5.41) is 0. The summed E-state index contributed by atoms with van der Waals surface area (Å²) in [5.74, 6) is 0.438. The predicted octanol–water partition coefficient (Wildman–Crippen LogP) is 3.86. The smallest absolute Gasteiger partial charge is 0.387 e. The highest BCUT2D eigenvalue weighted by Crippen LogP contribution is 2.28. The second-order valence-electron chi connectivity index (χ2n) is 4.30. The average molecular weight is 408 g/mol. The molecule has 0 aliphatic heterocycles. The van der Waals surface area contributed by atoms with Gasteiger partial charge in [0.25, 0.3) is 10.0 Å². The van der Waals surface area contributed by atoms with Gasteiger partial charge in [-0.2, -0.15) is 8.78 Å². The van der Waals surface area contributed by atoms with Crippen LogP contribution in [-0.2, 0) is 10.0 Å². The van der Waals surface area contributed by atoms with Crippen LogP contribution >= 0.6 is 15.9 Å². The fourth-order valence-electron chi connectivity index (χ4n) is 1.73. The molecule has 0 saturated carbocycles. The van der Waals surface area contributed by atoms with Crippen molar-refractivity contribution in [1.82, 2.24) is 0 Å². The number of ether oxygens (including phenoxy) is 2. The summed E-state index contributed by atoms with van der Waals surface area (Å²) in [4.78, 5) is 0.0260. The molecule has 0 amide bonds. The molecule has 0 heterocycles. The molecule has 0 atom stereocenters. The Morgan fingerprint density at radius 3 is 2.30 bits per heavy atom. The van der Waals surface area contributed by atoms with Crippen molar-refractivity contribution in [2.24, 2.45) is 0 Å². The van der Waals surface area contributed by atoms with Crippen LogP contribution in [0.15, 0.2) is 51.8 Å². The number of sulfonamides is 1. The van der Waals surface area contributed by atoms with E-state index in [1.807, 2.05) is 0 Å². The first-order valence-corrected chi connectivity index (χ1v) is 8.50. The number of hydrogen-bond acceptors (Lipinski definition) is 4. The van der Waals surface area contributed by atoms with E-state index in [4.69, 9.17) is 4.74 Å². The first-order chi connectivity index (χ1) is 10.8. The zero-order valence-electron chi connectivity index (χ0n) is 11.8. The third kappa shape index (κ3) is 4.55. The lowest BCUT2D eigenvalue weighted by molar-refractivity contribution is -0.0498. The highest BCUT2D eigenvalue weighted by molar-refractivity contribution is 9.10. The van der Waals surface area contributed by atoms with Gasteiger partial charge in [0, 0.05) is 5.69 Å². The first-order valence-electron chi connectivity index (χ1n) is 6.23. The third-order valence-corrected chi connectivity index (χ3v) is 4.76. The van der Waals surface area contributed by atoms with E-state index in [0.29, 0.717) is 10.2 Å². The monoisotopic (exact) mass is 407 g/mol. The maximum atomic E-state index is 12.3. The van der Waals surface area contributed by atoms with Gasteiger partial charge < -0.3 is 9.47 Å². The van der Waals surface area contributed by atoms with Crippen LogP contribution in [0.5, 0.6) is 11.5 Å². The predicted molar refractivity (Wildman–Crippen MR) is 84.6 cm³/mol. The topological polar surface area (TPSA) is 64.6 Å². The van der Waals surface area contributed by atoms with Crippen LogP contribution in [0.4, 0.5) is 14.5 Å². The van der Waals surface area contributed by atoms with Crippen LogP contribution in [0.25, 0.3) is 0 Å². The van der Waals surface area contributed by atoms with E-state index < -0.39 is 16.6 Å². The van der Waals surface area contributed by atoms with Crippen molar-refractivity contribution in [3.63, 3.8) is 0 Å². The van der Waals surface area contributed by atoms with E-state index in [1.165, 1.54) is 49.6 Å². The van der Waals surface area contributed by atoms with E-state index >= 15 is 0 Å². The zero-order valence-corrected chi connectivity index (χ0v) is 14.2. The van der Waals surface area contributed by atoms with Gasteiger partial charge in [-0.25, -0.2) is 8.42 Å². The standard InChI is InChI=1S/C14H12BrF2NO4S/c1-21-13-7-6-11(8-12(13)15)23(19,20)18-9-2-4-10(5-3-9)22-14(16)17/h2-8,14,18H,1H3. The van der Waals surface area contributed by atoms with Crippen molar-refractivity contribution in [3.8, 4) is 11.5 Å². The lowest BCUT2D eigenvalue weighted by atomic mass is 10.3. The molecule has 0 unspecified atom stereocenters. The molecule has 2 aromatic rings. The van der Waals surface area contributed by atoms with Gasteiger partial charge in [-0.15, -0.1) is 0 Å². The molecule has 9 heteroatoms. The van der Waals surface area contributed by atoms with Crippen molar-refractivity contribution in [2.75, 3.05) is 11.8 Å². The zero-order chi connectivity index (χ0) is 17.0. The summed E-state index contributed by atoms with van der Waals surface area (Å²) < 4.78 is 60.8. The van der Waals surface area contributed by atoms with E-state index in [0.717, 1.165) is 0 Å². The van der Waals surface area contributed by atoms with Crippen LogP contribution in [-0.4, -0.2) is 22.1 Å². The van der Waals surface area contributed by atoms with Crippen molar-refractivity contribution >= 4 is 31.6 Å². The van der Waals surface area contributed by atoms with E-state index in [1.54, 1.807) is 0 Å². The Morgan fingerprint density at radius 1 is 1.13 bits per heavy atom. The molecule has 5 nitrogen and oxygen atoms in total. The van der Waals surface area contributed by atoms with Crippen molar-refractivity contribution in [3.05, 3.63) is 46.9 Å². The summed E-state index contributed by atoms with van der Waals surface area (Å²) >= 11 is 3.21. The molecule has 0 radical (unpaired) electrons. The summed E-state index contributed by atoms with van der Waals surface area (Å²) in [6, 6.07) is 9.44. The summed E-state index contributed by atoms with van der Waals surface area (Å²) in [6.45, 7) is -2.94. The number of benzene rings is 2. The molecule has 2 aromatic carbocycles. The van der Waals surface area contributed by atoms with Gasteiger partial charge in [0.15, 0.2) is 0 Å². The van der Waals surface area contributed by atoms with Crippen molar-refractivity contribution in [2.45, 2.75) is 11.5 Å². The molecule has 0 aromatic heterocycles. The molecule has 0 saturated heterocycles. The lowest BCUT2D eigenvalue weighted by Gasteiger charge is -2.11. The quantitative estimate of drug-likeness (QED) is 0.789. The molecule has 1 N–H and O–H groups in total. The minimum absolute atomic E-state index is 0.0260. The lowest BCUT2D eigenvalue weighted by Crippen LogP contribution is -2.13. The highest BCUT2D eigenvalue weighted by Gasteiger charge is 2.16. The number of hydrogen-bond donors (Lipinski definition) is 1. The first kappa shape index (κ1) is 17.5. The molecule has 2 rings (SSSR count). The Hall–Kier alpha value is -1.87. The molecule has 0 aliphatic carbocycles. The van der Waals surface area contributed by atoms with Crippen molar-refractivity contribution in [1.29, 1.82) is 0 Å². The normalized spacial score (nSPS) is 11.3. The third-order valence-electron chi connectivity index (χ3n) is 2.77. The van der Waals surface area contributed by atoms with E-state index in [2.05, 4.69) is 25.4 Å². The maximum absolute atomic E-state index is 12.3. The largest absolute Gasteiger partial charge is 0.496 e. The van der Waals surface area contributed by atoms with E-state index in [9.17, 15) is 17.2 Å². The molecular formula is C14H12BrF2NO4S.